The van der Waals surface area contributed by atoms with Crippen LogP contribution in [0.4, 0.5) is 17.2 Å². The first-order valence-corrected chi connectivity index (χ1v) is 10.9. The van der Waals surface area contributed by atoms with Gasteiger partial charge < -0.3 is 10.6 Å². The second kappa shape index (κ2) is 9.05. The second-order valence-corrected chi connectivity index (χ2v) is 8.37. The number of nitrogens with one attached hydrogen (secondary N) is 2. The fourth-order valence-electron chi connectivity index (χ4n) is 3.32. The summed E-state index contributed by atoms with van der Waals surface area (Å²) in [4.78, 5) is 11.7. The van der Waals surface area contributed by atoms with Crippen LogP contribution in [0, 0.1) is 6.92 Å². The lowest BCUT2D eigenvalue weighted by molar-refractivity contribution is 0.855. The van der Waals surface area contributed by atoms with Crippen molar-refractivity contribution in [2.75, 3.05) is 17.2 Å². The third kappa shape index (κ3) is 4.93. The average molecular weight is 403 g/mol. The number of fused-ring (bicyclic) bond motifs is 1. The van der Waals surface area contributed by atoms with Crippen molar-refractivity contribution in [2.45, 2.75) is 33.1 Å². The molecule has 2 aromatic carbocycles. The van der Waals surface area contributed by atoms with Gasteiger partial charge >= 0.3 is 0 Å². The molecular formula is C24H26N4S. The Labute approximate surface area is 176 Å². The fraction of sp³-hybridized carbons (Fsp3) is 0.250. The Morgan fingerprint density at radius 3 is 2.45 bits per heavy atom. The van der Waals surface area contributed by atoms with Crippen LogP contribution in [0.1, 0.15) is 29.6 Å². The molecule has 0 unspecified atom stereocenters. The molecule has 5 heteroatoms. The molecule has 2 heterocycles. The van der Waals surface area contributed by atoms with Crippen LogP contribution in [0.3, 0.4) is 0 Å². The molecule has 0 spiro atoms. The number of anilines is 3. The summed E-state index contributed by atoms with van der Waals surface area (Å²) in [5, 5.41) is 8.10. The molecule has 4 rings (SSSR count). The Morgan fingerprint density at radius 2 is 1.69 bits per heavy atom. The predicted octanol–water partition coefficient (Wildman–Crippen LogP) is 6.35. The molecule has 4 aromatic rings. The van der Waals surface area contributed by atoms with Gasteiger partial charge in [0.15, 0.2) is 0 Å². The van der Waals surface area contributed by atoms with Gasteiger partial charge in [-0.05, 0) is 55.7 Å². The number of benzene rings is 2. The van der Waals surface area contributed by atoms with E-state index in [4.69, 9.17) is 4.98 Å². The molecule has 0 aliphatic heterocycles. The minimum Gasteiger partial charge on any atom is -0.369 e. The van der Waals surface area contributed by atoms with Gasteiger partial charge in [0.2, 0.25) is 0 Å². The minimum absolute atomic E-state index is 0.852. The zero-order valence-electron chi connectivity index (χ0n) is 16.9. The van der Waals surface area contributed by atoms with Crippen LogP contribution in [0.2, 0.25) is 0 Å². The second-order valence-electron chi connectivity index (χ2n) is 7.14. The van der Waals surface area contributed by atoms with Crippen molar-refractivity contribution >= 4 is 38.7 Å². The van der Waals surface area contributed by atoms with E-state index in [0.29, 0.717) is 0 Å². The van der Waals surface area contributed by atoms with Gasteiger partial charge in [-0.1, -0.05) is 37.3 Å². The van der Waals surface area contributed by atoms with Gasteiger partial charge in [0.05, 0.1) is 5.39 Å². The highest BCUT2D eigenvalue weighted by Crippen LogP contribution is 2.28. The number of aromatic nitrogens is 2. The van der Waals surface area contributed by atoms with E-state index in [0.717, 1.165) is 59.0 Å². The van der Waals surface area contributed by atoms with Gasteiger partial charge in [-0.25, -0.2) is 9.97 Å². The monoisotopic (exact) mass is 402 g/mol. The summed E-state index contributed by atoms with van der Waals surface area (Å²) >= 11 is 1.74. The van der Waals surface area contributed by atoms with E-state index in [2.05, 4.69) is 71.9 Å². The molecule has 29 heavy (non-hydrogen) atoms. The normalized spacial score (nSPS) is 11.0. The molecule has 0 radical (unpaired) electrons. The van der Waals surface area contributed by atoms with Gasteiger partial charge in [0.1, 0.15) is 16.5 Å². The molecule has 0 atom stereocenters. The quantitative estimate of drug-likeness (QED) is 0.337. The molecule has 0 aliphatic rings. The van der Waals surface area contributed by atoms with Gasteiger partial charge in [-0.15, -0.1) is 11.3 Å². The SMILES string of the molecule is CCc1nc(NCCCc2ccc(Nc3ccccc3)cc2)c2cc(C)sc2n1. The summed E-state index contributed by atoms with van der Waals surface area (Å²) < 4.78 is 0. The highest BCUT2D eigenvalue weighted by molar-refractivity contribution is 7.18. The van der Waals surface area contributed by atoms with Crippen molar-refractivity contribution in [3.05, 3.63) is 76.9 Å². The molecule has 2 aromatic heterocycles. The van der Waals surface area contributed by atoms with Gasteiger partial charge in [-0.2, -0.15) is 0 Å². The van der Waals surface area contributed by atoms with Crippen LogP contribution >= 0.6 is 11.3 Å². The molecule has 4 nitrogen and oxygen atoms in total. The lowest BCUT2D eigenvalue weighted by atomic mass is 10.1. The van der Waals surface area contributed by atoms with E-state index in [1.807, 2.05) is 18.2 Å². The van der Waals surface area contributed by atoms with Crippen molar-refractivity contribution in [3.8, 4) is 0 Å². The maximum atomic E-state index is 4.70. The van der Waals surface area contributed by atoms with Crippen molar-refractivity contribution in [1.29, 1.82) is 0 Å². The van der Waals surface area contributed by atoms with Crippen molar-refractivity contribution in [1.82, 2.24) is 9.97 Å². The maximum absolute atomic E-state index is 4.70. The van der Waals surface area contributed by atoms with Crippen LogP contribution < -0.4 is 10.6 Å². The smallest absolute Gasteiger partial charge is 0.138 e. The number of aryl methyl sites for hydroxylation is 3. The largest absolute Gasteiger partial charge is 0.369 e. The molecule has 2 N–H and O–H groups in total. The highest BCUT2D eigenvalue weighted by Gasteiger charge is 2.09. The first-order valence-electron chi connectivity index (χ1n) is 10.1. The topological polar surface area (TPSA) is 49.8 Å². The molecule has 0 saturated carbocycles. The van der Waals surface area contributed by atoms with E-state index in [-0.39, 0.29) is 0 Å². The third-order valence-electron chi connectivity index (χ3n) is 4.83. The molecular weight excluding hydrogens is 376 g/mol. The Hall–Kier alpha value is -2.92. The molecule has 0 aliphatic carbocycles. The first-order chi connectivity index (χ1) is 14.2. The van der Waals surface area contributed by atoms with Crippen molar-refractivity contribution in [3.63, 3.8) is 0 Å². The minimum atomic E-state index is 0.852. The Balaban J connectivity index is 1.32. The molecule has 0 bridgehead atoms. The van der Waals surface area contributed by atoms with Crippen LogP contribution in [-0.2, 0) is 12.8 Å². The number of rotatable bonds is 8. The van der Waals surface area contributed by atoms with Crippen LogP contribution in [0.25, 0.3) is 10.2 Å². The van der Waals surface area contributed by atoms with Crippen LogP contribution in [0.5, 0.6) is 0 Å². The van der Waals surface area contributed by atoms with Gasteiger partial charge in [-0.3, -0.25) is 0 Å². The Morgan fingerprint density at radius 1 is 0.931 bits per heavy atom. The summed E-state index contributed by atoms with van der Waals surface area (Å²) in [6.45, 7) is 5.12. The van der Waals surface area contributed by atoms with Crippen LogP contribution in [0.15, 0.2) is 60.7 Å². The van der Waals surface area contributed by atoms with E-state index < -0.39 is 0 Å². The van der Waals surface area contributed by atoms with E-state index in [1.54, 1.807) is 11.3 Å². The summed E-state index contributed by atoms with van der Waals surface area (Å²) in [5.74, 6) is 1.88. The number of hydrogen-bond acceptors (Lipinski definition) is 5. The summed E-state index contributed by atoms with van der Waals surface area (Å²) in [5.41, 5.74) is 3.57. The number of hydrogen-bond donors (Lipinski definition) is 2. The lowest BCUT2D eigenvalue weighted by Gasteiger charge is -2.09. The number of nitrogens with zero attached hydrogens (tertiary/aromatic N) is 2. The number of para-hydroxylation sites is 1. The van der Waals surface area contributed by atoms with E-state index in [9.17, 15) is 0 Å². The Bertz CT molecular complexity index is 1070. The standard InChI is InChI=1S/C24H26N4S/c1-3-22-27-23(21-16-17(2)29-24(21)28-22)25-15-7-8-18-11-13-20(14-12-18)26-19-9-5-4-6-10-19/h4-6,9-14,16,26H,3,7-8,15H2,1-2H3,(H,25,27,28). The highest BCUT2D eigenvalue weighted by atomic mass is 32.1. The molecule has 0 fully saturated rings. The zero-order valence-corrected chi connectivity index (χ0v) is 17.7. The summed E-state index contributed by atoms with van der Waals surface area (Å²) in [6.07, 6.45) is 2.95. The summed E-state index contributed by atoms with van der Waals surface area (Å²) in [7, 11) is 0. The zero-order chi connectivity index (χ0) is 20.1. The predicted molar refractivity (Wildman–Crippen MR) is 125 cm³/mol. The Kier molecular flexibility index (Phi) is 6.06. The first kappa shape index (κ1) is 19.4. The summed E-state index contributed by atoms with van der Waals surface area (Å²) in [6, 6.07) is 21.1. The molecule has 148 valence electrons. The maximum Gasteiger partial charge on any atom is 0.138 e. The van der Waals surface area contributed by atoms with Gasteiger partial charge in [0, 0.05) is 29.2 Å². The van der Waals surface area contributed by atoms with Gasteiger partial charge in [0.25, 0.3) is 0 Å². The molecule has 0 saturated heterocycles. The van der Waals surface area contributed by atoms with Crippen LogP contribution in [-0.4, -0.2) is 16.5 Å². The fourth-order valence-corrected chi connectivity index (χ4v) is 4.22. The lowest BCUT2D eigenvalue weighted by Crippen LogP contribution is -2.07. The average Bonchev–Trinajstić information content (AvgIpc) is 3.13. The van der Waals surface area contributed by atoms with E-state index in [1.165, 1.54) is 10.4 Å². The van der Waals surface area contributed by atoms with E-state index >= 15 is 0 Å². The molecule has 0 amide bonds. The van der Waals surface area contributed by atoms with Crippen molar-refractivity contribution < 1.29 is 0 Å². The van der Waals surface area contributed by atoms with Crippen molar-refractivity contribution in [2.24, 2.45) is 0 Å². The third-order valence-corrected chi connectivity index (χ3v) is 5.77. The number of thiophene rings is 1.